The smallest absolute Gasteiger partial charge is 0.134 e. The van der Waals surface area contributed by atoms with E-state index in [2.05, 4.69) is 10.3 Å². The molecule has 2 rings (SSSR count). The summed E-state index contributed by atoms with van der Waals surface area (Å²) in [6, 6.07) is 3.34. The number of hydrogen-bond acceptors (Lipinski definition) is 3. The molecule has 1 aromatic rings. The summed E-state index contributed by atoms with van der Waals surface area (Å²) in [5.41, 5.74) is 0. The molecular formula is C9H10Cl2N2O. The zero-order valence-corrected chi connectivity index (χ0v) is 8.98. The van der Waals surface area contributed by atoms with Crippen molar-refractivity contribution in [2.75, 3.05) is 13.1 Å². The van der Waals surface area contributed by atoms with Gasteiger partial charge in [-0.2, -0.15) is 0 Å². The summed E-state index contributed by atoms with van der Waals surface area (Å²) >= 11 is 11.5. The largest absolute Gasteiger partial charge is 0.489 e. The standard InChI is InChI=1S/C9H10Cl2N2O/c10-8-3-7(4-9(11)13-8)14-6-1-2-12-5-6/h3-4,6,12H,1-2,5H2. The molecular weight excluding hydrogens is 223 g/mol. The Kier molecular flexibility index (Phi) is 3.11. The van der Waals surface area contributed by atoms with Gasteiger partial charge < -0.3 is 10.1 Å². The van der Waals surface area contributed by atoms with Crippen molar-refractivity contribution in [3.8, 4) is 5.75 Å². The average Bonchev–Trinajstić information content (AvgIpc) is 2.54. The molecule has 3 nitrogen and oxygen atoms in total. The van der Waals surface area contributed by atoms with Crippen molar-refractivity contribution < 1.29 is 4.74 Å². The highest BCUT2D eigenvalue weighted by Crippen LogP contribution is 2.22. The SMILES string of the molecule is Clc1cc(OC2CCNC2)cc(Cl)n1. The van der Waals surface area contributed by atoms with Gasteiger partial charge in [-0.1, -0.05) is 23.2 Å². The molecule has 14 heavy (non-hydrogen) atoms. The van der Waals surface area contributed by atoms with Gasteiger partial charge in [0.15, 0.2) is 0 Å². The molecule has 1 aromatic heterocycles. The van der Waals surface area contributed by atoms with Crippen LogP contribution in [0.2, 0.25) is 10.3 Å². The van der Waals surface area contributed by atoms with Crippen LogP contribution in [0.15, 0.2) is 12.1 Å². The molecule has 1 N–H and O–H groups in total. The van der Waals surface area contributed by atoms with Gasteiger partial charge in [0.2, 0.25) is 0 Å². The number of ether oxygens (including phenoxy) is 1. The van der Waals surface area contributed by atoms with E-state index in [4.69, 9.17) is 27.9 Å². The number of halogens is 2. The van der Waals surface area contributed by atoms with Crippen LogP contribution in [-0.4, -0.2) is 24.2 Å². The molecule has 0 radical (unpaired) electrons. The molecule has 2 heterocycles. The number of rotatable bonds is 2. The summed E-state index contributed by atoms with van der Waals surface area (Å²) in [5.74, 6) is 0.684. The lowest BCUT2D eigenvalue weighted by atomic mass is 10.3. The van der Waals surface area contributed by atoms with Gasteiger partial charge in [0, 0.05) is 18.7 Å². The predicted molar refractivity (Wildman–Crippen MR) is 56.2 cm³/mol. The molecule has 1 saturated heterocycles. The fourth-order valence-electron chi connectivity index (χ4n) is 1.43. The Morgan fingerprint density at radius 3 is 2.64 bits per heavy atom. The van der Waals surface area contributed by atoms with Gasteiger partial charge in [0.25, 0.3) is 0 Å². The fourth-order valence-corrected chi connectivity index (χ4v) is 1.87. The average molecular weight is 233 g/mol. The third kappa shape index (κ3) is 2.50. The Labute approximate surface area is 92.4 Å². The molecule has 1 unspecified atom stereocenters. The molecule has 1 atom stereocenters. The Morgan fingerprint density at radius 1 is 1.36 bits per heavy atom. The van der Waals surface area contributed by atoms with E-state index in [9.17, 15) is 0 Å². The molecule has 76 valence electrons. The minimum absolute atomic E-state index is 0.213. The Bertz CT molecular complexity index is 306. The molecule has 5 heteroatoms. The van der Waals surface area contributed by atoms with Crippen LogP contribution in [0, 0.1) is 0 Å². The number of aromatic nitrogens is 1. The highest BCUT2D eigenvalue weighted by molar-refractivity contribution is 6.32. The van der Waals surface area contributed by atoms with E-state index in [1.807, 2.05) is 0 Å². The number of nitrogens with zero attached hydrogens (tertiary/aromatic N) is 1. The van der Waals surface area contributed by atoms with Crippen molar-refractivity contribution >= 4 is 23.2 Å². The van der Waals surface area contributed by atoms with Gasteiger partial charge in [-0.25, -0.2) is 4.98 Å². The van der Waals surface area contributed by atoms with Gasteiger partial charge in [-0.05, 0) is 13.0 Å². The first-order valence-electron chi connectivity index (χ1n) is 4.44. The van der Waals surface area contributed by atoms with E-state index in [0.717, 1.165) is 19.5 Å². The van der Waals surface area contributed by atoms with Crippen molar-refractivity contribution in [2.45, 2.75) is 12.5 Å². The number of pyridine rings is 1. The van der Waals surface area contributed by atoms with E-state index in [0.29, 0.717) is 16.1 Å². The lowest BCUT2D eigenvalue weighted by Crippen LogP contribution is -2.19. The lowest BCUT2D eigenvalue weighted by Gasteiger charge is -2.12. The third-order valence-corrected chi connectivity index (χ3v) is 2.44. The highest BCUT2D eigenvalue weighted by atomic mass is 35.5. The maximum Gasteiger partial charge on any atom is 0.134 e. The Morgan fingerprint density at radius 2 is 2.07 bits per heavy atom. The third-order valence-electron chi connectivity index (χ3n) is 2.05. The van der Waals surface area contributed by atoms with E-state index < -0.39 is 0 Å². The van der Waals surface area contributed by atoms with Crippen LogP contribution in [0.5, 0.6) is 5.75 Å². The topological polar surface area (TPSA) is 34.1 Å². The molecule has 0 aliphatic carbocycles. The summed E-state index contributed by atoms with van der Waals surface area (Å²) in [5, 5.41) is 3.93. The number of nitrogens with one attached hydrogen (secondary N) is 1. The quantitative estimate of drug-likeness (QED) is 0.794. The molecule has 1 aliphatic heterocycles. The van der Waals surface area contributed by atoms with Crippen molar-refractivity contribution in [2.24, 2.45) is 0 Å². The van der Waals surface area contributed by atoms with Crippen LogP contribution in [0.1, 0.15) is 6.42 Å². The second kappa shape index (κ2) is 4.34. The van der Waals surface area contributed by atoms with Crippen LogP contribution >= 0.6 is 23.2 Å². The summed E-state index contributed by atoms with van der Waals surface area (Å²) in [4.78, 5) is 3.84. The minimum atomic E-state index is 0.213. The first-order chi connectivity index (χ1) is 6.74. The van der Waals surface area contributed by atoms with Gasteiger partial charge in [-0.15, -0.1) is 0 Å². The van der Waals surface area contributed by atoms with Crippen molar-refractivity contribution in [1.29, 1.82) is 0 Å². The predicted octanol–water partition coefficient (Wildman–Crippen LogP) is 2.13. The van der Waals surface area contributed by atoms with Crippen LogP contribution in [0.3, 0.4) is 0 Å². The zero-order valence-electron chi connectivity index (χ0n) is 7.46. The molecule has 0 amide bonds. The molecule has 1 aliphatic rings. The normalized spacial score (nSPS) is 21.1. The maximum atomic E-state index is 5.74. The summed E-state index contributed by atoms with van der Waals surface area (Å²) in [6.45, 7) is 1.87. The van der Waals surface area contributed by atoms with Crippen molar-refractivity contribution in [1.82, 2.24) is 10.3 Å². The van der Waals surface area contributed by atoms with Crippen LogP contribution in [-0.2, 0) is 0 Å². The minimum Gasteiger partial charge on any atom is -0.489 e. The van der Waals surface area contributed by atoms with Gasteiger partial charge >= 0.3 is 0 Å². The Hall–Kier alpha value is -0.510. The highest BCUT2D eigenvalue weighted by Gasteiger charge is 2.16. The van der Waals surface area contributed by atoms with Crippen LogP contribution < -0.4 is 10.1 Å². The molecule has 0 bridgehead atoms. The number of hydrogen-bond donors (Lipinski definition) is 1. The lowest BCUT2D eigenvalue weighted by molar-refractivity contribution is 0.223. The first-order valence-corrected chi connectivity index (χ1v) is 5.20. The molecule has 0 saturated carbocycles. The Balaban J connectivity index is 2.07. The van der Waals surface area contributed by atoms with Gasteiger partial charge in [0.05, 0.1) is 0 Å². The summed E-state index contributed by atoms with van der Waals surface area (Å²) < 4.78 is 5.67. The van der Waals surface area contributed by atoms with Crippen molar-refractivity contribution in [3.63, 3.8) is 0 Å². The van der Waals surface area contributed by atoms with E-state index in [-0.39, 0.29) is 6.10 Å². The van der Waals surface area contributed by atoms with Crippen LogP contribution in [0.4, 0.5) is 0 Å². The van der Waals surface area contributed by atoms with E-state index >= 15 is 0 Å². The fraction of sp³-hybridized carbons (Fsp3) is 0.444. The van der Waals surface area contributed by atoms with Gasteiger partial charge in [-0.3, -0.25) is 0 Å². The second-order valence-corrected chi connectivity index (χ2v) is 3.96. The van der Waals surface area contributed by atoms with E-state index in [1.165, 1.54) is 0 Å². The second-order valence-electron chi connectivity index (χ2n) is 3.18. The molecule has 0 spiro atoms. The first kappa shape index (κ1) is 10.0. The van der Waals surface area contributed by atoms with Gasteiger partial charge in [0.1, 0.15) is 22.2 Å². The van der Waals surface area contributed by atoms with E-state index in [1.54, 1.807) is 12.1 Å². The summed E-state index contributed by atoms with van der Waals surface area (Å²) in [6.07, 6.45) is 1.22. The summed E-state index contributed by atoms with van der Waals surface area (Å²) in [7, 11) is 0. The zero-order chi connectivity index (χ0) is 9.97. The molecule has 0 aromatic carbocycles. The monoisotopic (exact) mass is 232 g/mol. The molecule has 1 fully saturated rings. The van der Waals surface area contributed by atoms with Crippen LogP contribution in [0.25, 0.3) is 0 Å². The maximum absolute atomic E-state index is 5.74. The van der Waals surface area contributed by atoms with Crippen molar-refractivity contribution in [3.05, 3.63) is 22.4 Å².